The van der Waals surface area contributed by atoms with Gasteiger partial charge in [0.15, 0.2) is 11.7 Å². The van der Waals surface area contributed by atoms with Crippen molar-refractivity contribution >= 4 is 35.6 Å². The predicted molar refractivity (Wildman–Crippen MR) is 134 cm³/mol. The Morgan fingerprint density at radius 2 is 2.10 bits per heavy atom. The van der Waals surface area contributed by atoms with Crippen LogP contribution in [0, 0.1) is 0 Å². The van der Waals surface area contributed by atoms with Crippen molar-refractivity contribution in [1.29, 1.82) is 0 Å². The fraction of sp³-hybridized carbons (Fsp3) is 0.409. The van der Waals surface area contributed by atoms with Crippen molar-refractivity contribution in [2.75, 3.05) is 31.6 Å². The standard InChI is InChI=1S/C22H29N7O.HI/c1-16(17-7-5-8-18(15-17)29-12-3-4-13-29)25-22(23-2)24-11-10-20-26-21(28-27-20)19-9-6-14-30-19;/h5-9,14-16H,3-4,10-13H2,1-2H3,(H2,23,24,25)(H,26,27,28);1H. The number of nitrogens with zero attached hydrogens (tertiary/aromatic N) is 4. The van der Waals surface area contributed by atoms with E-state index in [4.69, 9.17) is 4.42 Å². The summed E-state index contributed by atoms with van der Waals surface area (Å²) in [6.45, 7) is 5.14. The molecule has 8 nitrogen and oxygen atoms in total. The Balaban J connectivity index is 0.00000272. The molecule has 1 aromatic carbocycles. The SMILES string of the molecule is CN=C(NCCc1nc(-c2ccco2)n[nH]1)NC(C)c1cccc(N2CCCC2)c1.I. The average molecular weight is 535 g/mol. The minimum atomic E-state index is 0. The lowest BCUT2D eigenvalue weighted by atomic mass is 10.1. The van der Waals surface area contributed by atoms with Gasteiger partial charge in [-0.1, -0.05) is 12.1 Å². The van der Waals surface area contributed by atoms with Crippen molar-refractivity contribution in [3.05, 3.63) is 54.0 Å². The fourth-order valence-electron chi connectivity index (χ4n) is 3.67. The third-order valence-corrected chi connectivity index (χ3v) is 5.35. The van der Waals surface area contributed by atoms with Crippen molar-refractivity contribution in [2.45, 2.75) is 32.2 Å². The number of hydrogen-bond acceptors (Lipinski definition) is 5. The van der Waals surface area contributed by atoms with Gasteiger partial charge in [-0.25, -0.2) is 4.98 Å². The highest BCUT2D eigenvalue weighted by Gasteiger charge is 2.15. The zero-order valence-electron chi connectivity index (χ0n) is 18.0. The van der Waals surface area contributed by atoms with Gasteiger partial charge in [0.25, 0.3) is 0 Å². The van der Waals surface area contributed by atoms with Gasteiger partial charge in [-0.15, -0.1) is 24.0 Å². The van der Waals surface area contributed by atoms with Crippen molar-refractivity contribution in [2.24, 2.45) is 4.99 Å². The van der Waals surface area contributed by atoms with E-state index >= 15 is 0 Å². The molecule has 3 heterocycles. The lowest BCUT2D eigenvalue weighted by Crippen LogP contribution is -2.39. The maximum absolute atomic E-state index is 5.33. The molecule has 166 valence electrons. The number of anilines is 1. The van der Waals surface area contributed by atoms with Crippen LogP contribution in [0.15, 0.2) is 52.1 Å². The van der Waals surface area contributed by atoms with E-state index in [1.807, 2.05) is 12.1 Å². The van der Waals surface area contributed by atoms with E-state index in [1.165, 1.54) is 24.1 Å². The molecule has 0 spiro atoms. The van der Waals surface area contributed by atoms with Crippen LogP contribution in [0.2, 0.25) is 0 Å². The summed E-state index contributed by atoms with van der Waals surface area (Å²) >= 11 is 0. The topological polar surface area (TPSA) is 94.4 Å². The maximum Gasteiger partial charge on any atom is 0.216 e. The molecule has 31 heavy (non-hydrogen) atoms. The number of halogens is 1. The molecule has 1 aliphatic rings. The number of hydrogen-bond donors (Lipinski definition) is 3. The highest BCUT2D eigenvalue weighted by Crippen LogP contribution is 2.24. The van der Waals surface area contributed by atoms with Crippen LogP contribution < -0.4 is 15.5 Å². The molecule has 0 amide bonds. The molecule has 0 saturated carbocycles. The van der Waals surface area contributed by atoms with E-state index in [0.29, 0.717) is 24.6 Å². The fourth-order valence-corrected chi connectivity index (χ4v) is 3.67. The van der Waals surface area contributed by atoms with Gasteiger partial charge in [0.1, 0.15) is 5.82 Å². The third kappa shape index (κ3) is 5.99. The van der Waals surface area contributed by atoms with Gasteiger partial charge in [-0.3, -0.25) is 10.1 Å². The van der Waals surface area contributed by atoms with Crippen LogP contribution in [0.5, 0.6) is 0 Å². The zero-order chi connectivity index (χ0) is 20.8. The van der Waals surface area contributed by atoms with Crippen molar-refractivity contribution in [3.8, 4) is 11.6 Å². The molecule has 4 rings (SSSR count). The van der Waals surface area contributed by atoms with Gasteiger partial charge in [0, 0.05) is 38.8 Å². The lowest BCUT2D eigenvalue weighted by molar-refractivity contribution is 0.577. The summed E-state index contributed by atoms with van der Waals surface area (Å²) in [7, 11) is 1.78. The number of aliphatic imine (C=N–C) groups is 1. The normalized spacial score (nSPS) is 14.9. The quantitative estimate of drug-likeness (QED) is 0.243. The van der Waals surface area contributed by atoms with Gasteiger partial charge in [0.05, 0.1) is 12.3 Å². The van der Waals surface area contributed by atoms with Gasteiger partial charge in [-0.2, -0.15) is 5.10 Å². The van der Waals surface area contributed by atoms with Gasteiger partial charge >= 0.3 is 0 Å². The molecule has 0 radical (unpaired) electrons. The Morgan fingerprint density at radius 1 is 1.26 bits per heavy atom. The molecule has 2 aromatic heterocycles. The molecule has 1 saturated heterocycles. The summed E-state index contributed by atoms with van der Waals surface area (Å²) in [5.41, 5.74) is 2.56. The van der Waals surface area contributed by atoms with Crippen LogP contribution in [-0.2, 0) is 6.42 Å². The first kappa shape index (κ1) is 23.1. The van der Waals surface area contributed by atoms with Crippen LogP contribution in [0.25, 0.3) is 11.6 Å². The smallest absolute Gasteiger partial charge is 0.216 e. The Morgan fingerprint density at radius 3 is 2.84 bits per heavy atom. The summed E-state index contributed by atoms with van der Waals surface area (Å²) in [6.07, 6.45) is 4.88. The number of H-pyrrole nitrogens is 1. The number of nitrogens with one attached hydrogen (secondary N) is 3. The first-order chi connectivity index (χ1) is 14.7. The summed E-state index contributed by atoms with van der Waals surface area (Å²) in [4.78, 5) is 11.3. The second-order valence-corrected chi connectivity index (χ2v) is 7.49. The lowest BCUT2D eigenvalue weighted by Gasteiger charge is -2.22. The first-order valence-corrected chi connectivity index (χ1v) is 10.5. The summed E-state index contributed by atoms with van der Waals surface area (Å²) < 4.78 is 5.33. The number of aromatic nitrogens is 3. The Bertz CT molecular complexity index is 964. The Hall–Kier alpha value is -2.56. The van der Waals surface area contributed by atoms with E-state index < -0.39 is 0 Å². The van der Waals surface area contributed by atoms with Crippen LogP contribution in [-0.4, -0.2) is 47.8 Å². The highest BCUT2D eigenvalue weighted by atomic mass is 127. The molecule has 9 heteroatoms. The molecule has 1 fully saturated rings. The van der Waals surface area contributed by atoms with Gasteiger partial charge in [-0.05, 0) is 49.6 Å². The molecular weight excluding hydrogens is 505 g/mol. The number of aromatic amines is 1. The first-order valence-electron chi connectivity index (χ1n) is 10.5. The van der Waals surface area contributed by atoms with E-state index in [9.17, 15) is 0 Å². The monoisotopic (exact) mass is 535 g/mol. The zero-order valence-corrected chi connectivity index (χ0v) is 20.3. The van der Waals surface area contributed by atoms with Crippen LogP contribution in [0.3, 0.4) is 0 Å². The van der Waals surface area contributed by atoms with Gasteiger partial charge < -0.3 is 20.0 Å². The number of rotatable bonds is 7. The number of guanidine groups is 1. The largest absolute Gasteiger partial charge is 0.461 e. The molecule has 3 aromatic rings. The summed E-state index contributed by atoms with van der Waals surface area (Å²) in [5.74, 6) is 2.80. The second-order valence-electron chi connectivity index (χ2n) is 7.49. The minimum absolute atomic E-state index is 0. The minimum Gasteiger partial charge on any atom is -0.461 e. The van der Waals surface area contributed by atoms with Crippen molar-refractivity contribution in [3.63, 3.8) is 0 Å². The van der Waals surface area contributed by atoms with E-state index in [1.54, 1.807) is 13.3 Å². The molecular formula is C22H30IN7O. The second kappa shape index (κ2) is 11.2. The highest BCUT2D eigenvalue weighted by molar-refractivity contribution is 14.0. The summed E-state index contributed by atoms with van der Waals surface area (Å²) in [5, 5.41) is 14.0. The van der Waals surface area contributed by atoms with Gasteiger partial charge in [0.2, 0.25) is 5.82 Å². The molecule has 0 aliphatic carbocycles. The van der Waals surface area contributed by atoms with E-state index in [-0.39, 0.29) is 30.0 Å². The maximum atomic E-state index is 5.33. The molecule has 0 bridgehead atoms. The molecule has 1 aliphatic heterocycles. The predicted octanol–water partition coefficient (Wildman–Crippen LogP) is 3.75. The van der Waals surface area contributed by atoms with Crippen LogP contribution in [0.4, 0.5) is 5.69 Å². The molecule has 3 N–H and O–H groups in total. The van der Waals surface area contributed by atoms with E-state index in [2.05, 4.69) is 66.9 Å². The average Bonchev–Trinajstić information content (AvgIpc) is 3.55. The summed E-state index contributed by atoms with van der Waals surface area (Å²) in [6, 6.07) is 12.6. The molecule has 1 unspecified atom stereocenters. The van der Waals surface area contributed by atoms with E-state index in [0.717, 1.165) is 24.9 Å². The third-order valence-electron chi connectivity index (χ3n) is 5.35. The van der Waals surface area contributed by atoms with Crippen molar-refractivity contribution < 1.29 is 4.42 Å². The van der Waals surface area contributed by atoms with Crippen molar-refractivity contribution in [1.82, 2.24) is 25.8 Å². The van der Waals surface area contributed by atoms with Crippen LogP contribution >= 0.6 is 24.0 Å². The number of benzene rings is 1. The molecule has 1 atom stereocenters. The van der Waals surface area contributed by atoms with Crippen LogP contribution in [0.1, 0.15) is 37.2 Å². The Kier molecular flexibility index (Phi) is 8.33. The Labute approximate surface area is 199 Å². The number of furan rings is 1.